The minimum Gasteiger partial charge on any atom is -0.355 e. The van der Waals surface area contributed by atoms with Crippen LogP contribution in [0, 0.1) is 5.92 Å². The van der Waals surface area contributed by atoms with Crippen LogP contribution in [0.2, 0.25) is 5.02 Å². The molecule has 5 heteroatoms. The number of pyridine rings is 1. The molecule has 26 heavy (non-hydrogen) atoms. The predicted octanol–water partition coefficient (Wildman–Crippen LogP) is 4.09. The van der Waals surface area contributed by atoms with Gasteiger partial charge in [0.25, 0.3) is 5.91 Å². The van der Waals surface area contributed by atoms with Crippen LogP contribution >= 0.6 is 11.6 Å². The van der Waals surface area contributed by atoms with Gasteiger partial charge < -0.3 is 10.2 Å². The van der Waals surface area contributed by atoms with Crippen LogP contribution in [0.15, 0.2) is 42.6 Å². The lowest BCUT2D eigenvalue weighted by Gasteiger charge is -2.33. The number of piperidine rings is 1. The van der Waals surface area contributed by atoms with Crippen LogP contribution in [-0.2, 0) is 6.42 Å². The van der Waals surface area contributed by atoms with Crippen molar-refractivity contribution in [2.45, 2.75) is 38.1 Å². The van der Waals surface area contributed by atoms with Crippen molar-refractivity contribution in [1.29, 1.82) is 0 Å². The number of halogens is 1. The maximum atomic E-state index is 12.1. The van der Waals surface area contributed by atoms with Gasteiger partial charge in [-0.15, -0.1) is 0 Å². The minimum atomic E-state index is -0.0741. The molecular weight excluding hydrogens is 346 g/mol. The Morgan fingerprint density at radius 1 is 1.15 bits per heavy atom. The monoisotopic (exact) mass is 369 g/mol. The van der Waals surface area contributed by atoms with Crippen LogP contribution in [0.3, 0.4) is 0 Å². The summed E-state index contributed by atoms with van der Waals surface area (Å²) in [6, 6.07) is 12.8. The molecule has 2 heterocycles. The highest BCUT2D eigenvalue weighted by Gasteiger charge is 2.25. The van der Waals surface area contributed by atoms with Crippen molar-refractivity contribution in [1.82, 2.24) is 10.3 Å². The molecular formula is C21H24ClN3O. The lowest BCUT2D eigenvalue weighted by molar-refractivity contribution is 0.0950. The third kappa shape index (κ3) is 4.18. The fourth-order valence-electron chi connectivity index (χ4n) is 3.58. The maximum absolute atomic E-state index is 12.1. The number of benzene rings is 1. The molecule has 1 amide bonds. The second-order valence-electron chi connectivity index (χ2n) is 7.40. The summed E-state index contributed by atoms with van der Waals surface area (Å²) in [7, 11) is 0. The Hall–Kier alpha value is -2.07. The second kappa shape index (κ2) is 7.67. The summed E-state index contributed by atoms with van der Waals surface area (Å²) in [6.07, 6.45) is 7.20. The van der Waals surface area contributed by atoms with Gasteiger partial charge in [0.1, 0.15) is 5.82 Å². The van der Waals surface area contributed by atoms with Crippen LogP contribution in [0.4, 0.5) is 5.82 Å². The highest BCUT2D eigenvalue weighted by Crippen LogP contribution is 2.30. The zero-order valence-electron chi connectivity index (χ0n) is 14.8. The van der Waals surface area contributed by atoms with Crippen LogP contribution in [0.1, 0.15) is 41.6 Å². The number of hydrogen-bond donors (Lipinski definition) is 1. The first-order valence-corrected chi connectivity index (χ1v) is 9.82. The second-order valence-corrected chi connectivity index (χ2v) is 7.80. The highest BCUT2D eigenvalue weighted by atomic mass is 35.5. The number of amides is 1. The van der Waals surface area contributed by atoms with Crippen molar-refractivity contribution in [2.75, 3.05) is 18.0 Å². The van der Waals surface area contributed by atoms with E-state index in [-0.39, 0.29) is 5.91 Å². The first-order valence-electron chi connectivity index (χ1n) is 9.44. The zero-order chi connectivity index (χ0) is 17.9. The Labute approximate surface area is 159 Å². The summed E-state index contributed by atoms with van der Waals surface area (Å²) in [5.74, 6) is 1.43. The van der Waals surface area contributed by atoms with Gasteiger partial charge in [-0.3, -0.25) is 4.79 Å². The Balaban J connectivity index is 1.35. The summed E-state index contributed by atoms with van der Waals surface area (Å²) < 4.78 is 0. The number of anilines is 1. The lowest BCUT2D eigenvalue weighted by Crippen LogP contribution is -2.35. The average molecular weight is 370 g/mol. The number of carbonyl (C=O) groups is 1. The van der Waals surface area contributed by atoms with Gasteiger partial charge in [-0.1, -0.05) is 41.9 Å². The molecule has 0 unspecified atom stereocenters. The fraction of sp³-hybridized carbons (Fsp3) is 0.429. The van der Waals surface area contributed by atoms with E-state index in [1.807, 2.05) is 0 Å². The predicted molar refractivity (Wildman–Crippen MR) is 105 cm³/mol. The largest absolute Gasteiger partial charge is 0.355 e. The van der Waals surface area contributed by atoms with Crippen LogP contribution in [0.25, 0.3) is 0 Å². The third-order valence-electron chi connectivity index (χ3n) is 5.28. The Morgan fingerprint density at radius 3 is 2.54 bits per heavy atom. The molecule has 4 rings (SSSR count). The van der Waals surface area contributed by atoms with E-state index in [4.69, 9.17) is 11.6 Å². The van der Waals surface area contributed by atoms with Gasteiger partial charge in [0.05, 0.1) is 10.6 Å². The smallest absolute Gasteiger partial charge is 0.253 e. The zero-order valence-corrected chi connectivity index (χ0v) is 15.6. The van der Waals surface area contributed by atoms with Gasteiger partial charge in [-0.25, -0.2) is 4.98 Å². The first-order chi connectivity index (χ1) is 12.7. The Kier molecular flexibility index (Phi) is 5.11. The molecule has 0 spiro atoms. The summed E-state index contributed by atoms with van der Waals surface area (Å²) in [4.78, 5) is 18.9. The van der Waals surface area contributed by atoms with E-state index >= 15 is 0 Å². The number of nitrogens with one attached hydrogen (secondary N) is 1. The number of carbonyl (C=O) groups excluding carboxylic acids is 1. The van der Waals surface area contributed by atoms with Crippen LogP contribution in [0.5, 0.6) is 0 Å². The molecule has 136 valence electrons. The van der Waals surface area contributed by atoms with Gasteiger partial charge in [0, 0.05) is 25.3 Å². The van der Waals surface area contributed by atoms with Crippen molar-refractivity contribution in [3.8, 4) is 0 Å². The summed E-state index contributed by atoms with van der Waals surface area (Å²) in [5, 5.41) is 3.54. The van der Waals surface area contributed by atoms with E-state index in [0.29, 0.717) is 22.5 Å². The topological polar surface area (TPSA) is 45.2 Å². The van der Waals surface area contributed by atoms with E-state index in [1.165, 1.54) is 5.56 Å². The number of rotatable bonds is 5. The molecule has 1 N–H and O–H groups in total. The van der Waals surface area contributed by atoms with Gasteiger partial charge in [0.15, 0.2) is 0 Å². The van der Waals surface area contributed by atoms with E-state index in [0.717, 1.165) is 51.0 Å². The molecule has 0 atom stereocenters. The molecule has 4 nitrogen and oxygen atoms in total. The molecule has 0 radical (unpaired) electrons. The molecule has 1 saturated heterocycles. The summed E-state index contributed by atoms with van der Waals surface area (Å²) in [6.45, 7) is 1.91. The fourth-order valence-corrected chi connectivity index (χ4v) is 3.87. The van der Waals surface area contributed by atoms with Crippen molar-refractivity contribution < 1.29 is 4.79 Å². The molecule has 2 fully saturated rings. The molecule has 1 aromatic heterocycles. The molecule has 1 aliphatic carbocycles. The normalized spacial score (nSPS) is 18.0. The quantitative estimate of drug-likeness (QED) is 0.863. The first kappa shape index (κ1) is 17.3. The van der Waals surface area contributed by atoms with E-state index in [1.54, 1.807) is 12.3 Å². The summed E-state index contributed by atoms with van der Waals surface area (Å²) in [5.41, 5.74) is 1.96. The molecule has 0 bridgehead atoms. The lowest BCUT2D eigenvalue weighted by atomic mass is 9.90. The SMILES string of the molecule is O=C(NC1CC1)c1cnc(N2CCC(Cc3ccccc3)CC2)c(Cl)c1. The number of nitrogens with zero attached hydrogens (tertiary/aromatic N) is 2. The molecule has 2 aromatic rings. The maximum Gasteiger partial charge on any atom is 0.253 e. The van der Waals surface area contributed by atoms with Gasteiger partial charge in [-0.05, 0) is 49.7 Å². The molecule has 1 saturated carbocycles. The van der Waals surface area contributed by atoms with Crippen molar-refractivity contribution in [3.63, 3.8) is 0 Å². The highest BCUT2D eigenvalue weighted by molar-refractivity contribution is 6.33. The summed E-state index contributed by atoms with van der Waals surface area (Å²) >= 11 is 6.44. The number of aromatic nitrogens is 1. The molecule has 2 aliphatic rings. The average Bonchev–Trinajstić information content (AvgIpc) is 3.47. The van der Waals surface area contributed by atoms with Crippen LogP contribution in [-0.4, -0.2) is 30.0 Å². The molecule has 1 aliphatic heterocycles. The van der Waals surface area contributed by atoms with Crippen molar-refractivity contribution in [2.24, 2.45) is 5.92 Å². The Morgan fingerprint density at radius 2 is 1.88 bits per heavy atom. The van der Waals surface area contributed by atoms with E-state index in [9.17, 15) is 4.79 Å². The van der Waals surface area contributed by atoms with Crippen molar-refractivity contribution >= 4 is 23.3 Å². The Bertz CT molecular complexity index is 768. The third-order valence-corrected chi connectivity index (χ3v) is 5.56. The van der Waals surface area contributed by atoms with Gasteiger partial charge in [0.2, 0.25) is 0 Å². The van der Waals surface area contributed by atoms with Crippen LogP contribution < -0.4 is 10.2 Å². The van der Waals surface area contributed by atoms with Gasteiger partial charge in [-0.2, -0.15) is 0 Å². The molecule has 1 aromatic carbocycles. The van der Waals surface area contributed by atoms with Gasteiger partial charge >= 0.3 is 0 Å². The minimum absolute atomic E-state index is 0.0741. The van der Waals surface area contributed by atoms with E-state index < -0.39 is 0 Å². The van der Waals surface area contributed by atoms with E-state index in [2.05, 4.69) is 45.5 Å². The number of hydrogen-bond acceptors (Lipinski definition) is 3. The van der Waals surface area contributed by atoms with Crippen molar-refractivity contribution in [3.05, 3.63) is 58.7 Å². The standard InChI is InChI=1S/C21H24ClN3O/c22-19-13-17(21(26)24-18-6-7-18)14-23-20(19)25-10-8-16(9-11-25)12-15-4-2-1-3-5-15/h1-5,13-14,16,18H,6-12H2,(H,24,26).